The smallest absolute Gasteiger partial charge is 0.336 e. The van der Waals surface area contributed by atoms with Gasteiger partial charge in [0.2, 0.25) is 0 Å². The molecule has 0 aliphatic heterocycles. The van der Waals surface area contributed by atoms with Crippen molar-refractivity contribution in [3.63, 3.8) is 0 Å². The van der Waals surface area contributed by atoms with Crippen molar-refractivity contribution in [3.05, 3.63) is 65.2 Å². The Morgan fingerprint density at radius 1 is 1.00 bits per heavy atom. The number of rotatable bonds is 5. The molecule has 0 radical (unpaired) electrons. The van der Waals surface area contributed by atoms with Gasteiger partial charge in [0.25, 0.3) is 0 Å². The molecular formula is C19H16N2O4. The monoisotopic (exact) mass is 336 g/mol. The SMILES string of the molecule is NCc1ccc(-c2nc3ccccc3c(C(=O)O)c2CC(=O)O)cc1. The second kappa shape index (κ2) is 6.70. The van der Waals surface area contributed by atoms with Crippen LogP contribution in [0.15, 0.2) is 48.5 Å². The highest BCUT2D eigenvalue weighted by molar-refractivity contribution is 6.06. The van der Waals surface area contributed by atoms with Crippen LogP contribution < -0.4 is 5.73 Å². The zero-order valence-corrected chi connectivity index (χ0v) is 13.3. The molecule has 0 fully saturated rings. The van der Waals surface area contributed by atoms with Crippen molar-refractivity contribution in [2.75, 3.05) is 0 Å². The van der Waals surface area contributed by atoms with Crippen LogP contribution in [0, 0.1) is 0 Å². The number of hydrogen-bond acceptors (Lipinski definition) is 4. The number of fused-ring (bicyclic) bond motifs is 1. The van der Waals surface area contributed by atoms with Crippen LogP contribution in [-0.4, -0.2) is 27.1 Å². The first-order chi connectivity index (χ1) is 12.0. The number of para-hydroxylation sites is 1. The first kappa shape index (κ1) is 16.6. The van der Waals surface area contributed by atoms with Gasteiger partial charge >= 0.3 is 11.9 Å². The Kier molecular flexibility index (Phi) is 4.45. The summed E-state index contributed by atoms with van der Waals surface area (Å²) >= 11 is 0. The number of nitrogens with two attached hydrogens (primary N) is 1. The molecule has 0 amide bonds. The molecule has 1 aromatic heterocycles. The molecule has 3 aromatic rings. The van der Waals surface area contributed by atoms with E-state index in [-0.39, 0.29) is 11.1 Å². The van der Waals surface area contributed by atoms with Crippen molar-refractivity contribution >= 4 is 22.8 Å². The third kappa shape index (κ3) is 3.20. The second-order valence-corrected chi connectivity index (χ2v) is 5.61. The molecule has 0 spiro atoms. The van der Waals surface area contributed by atoms with Crippen LogP contribution in [0.3, 0.4) is 0 Å². The van der Waals surface area contributed by atoms with E-state index >= 15 is 0 Å². The van der Waals surface area contributed by atoms with Gasteiger partial charge in [-0.3, -0.25) is 4.79 Å². The number of aromatic nitrogens is 1. The Labute approximate surface area is 143 Å². The van der Waals surface area contributed by atoms with Crippen molar-refractivity contribution in [2.24, 2.45) is 5.73 Å². The first-order valence-corrected chi connectivity index (χ1v) is 7.67. The van der Waals surface area contributed by atoms with E-state index < -0.39 is 18.4 Å². The van der Waals surface area contributed by atoms with E-state index in [1.165, 1.54) is 0 Å². The molecule has 1 heterocycles. The van der Waals surface area contributed by atoms with Crippen LogP contribution >= 0.6 is 0 Å². The van der Waals surface area contributed by atoms with E-state index in [1.54, 1.807) is 36.4 Å². The number of carbonyl (C=O) groups is 2. The number of benzene rings is 2. The molecular weight excluding hydrogens is 320 g/mol. The fraction of sp³-hybridized carbons (Fsp3) is 0.105. The van der Waals surface area contributed by atoms with E-state index in [1.807, 2.05) is 12.1 Å². The Hall–Kier alpha value is -3.25. The topological polar surface area (TPSA) is 114 Å². The molecule has 6 heteroatoms. The molecule has 4 N–H and O–H groups in total. The molecule has 3 rings (SSSR count). The predicted molar refractivity (Wildman–Crippen MR) is 93.4 cm³/mol. The van der Waals surface area contributed by atoms with E-state index in [4.69, 9.17) is 5.73 Å². The summed E-state index contributed by atoms with van der Waals surface area (Å²) in [5, 5.41) is 19.4. The van der Waals surface area contributed by atoms with Gasteiger partial charge in [0.05, 0.1) is 23.2 Å². The molecule has 0 aliphatic carbocycles. The second-order valence-electron chi connectivity index (χ2n) is 5.61. The van der Waals surface area contributed by atoms with Crippen molar-refractivity contribution in [1.29, 1.82) is 0 Å². The third-order valence-electron chi connectivity index (χ3n) is 4.00. The van der Waals surface area contributed by atoms with Crippen molar-refractivity contribution in [2.45, 2.75) is 13.0 Å². The van der Waals surface area contributed by atoms with Crippen molar-refractivity contribution in [3.8, 4) is 11.3 Å². The zero-order chi connectivity index (χ0) is 18.0. The number of nitrogens with zero attached hydrogens (tertiary/aromatic N) is 1. The Bertz CT molecular complexity index is 965. The summed E-state index contributed by atoms with van der Waals surface area (Å²) in [6.45, 7) is 0.383. The molecule has 6 nitrogen and oxygen atoms in total. The Morgan fingerprint density at radius 3 is 2.28 bits per heavy atom. The summed E-state index contributed by atoms with van der Waals surface area (Å²) in [5.74, 6) is -2.28. The summed E-state index contributed by atoms with van der Waals surface area (Å²) in [6.07, 6.45) is -0.423. The van der Waals surface area contributed by atoms with Gasteiger partial charge in [0.1, 0.15) is 0 Å². The van der Waals surface area contributed by atoms with Crippen LogP contribution in [0.5, 0.6) is 0 Å². The molecule has 25 heavy (non-hydrogen) atoms. The highest BCUT2D eigenvalue weighted by Gasteiger charge is 2.22. The Balaban J connectivity index is 2.35. The molecule has 0 atom stereocenters. The van der Waals surface area contributed by atoms with Crippen LogP contribution in [0.25, 0.3) is 22.2 Å². The number of pyridine rings is 1. The summed E-state index contributed by atoms with van der Waals surface area (Å²) in [5.41, 5.74) is 8.22. The quantitative estimate of drug-likeness (QED) is 0.660. The minimum atomic E-state index is -1.17. The van der Waals surface area contributed by atoms with Crippen molar-refractivity contribution < 1.29 is 19.8 Å². The summed E-state index contributed by atoms with van der Waals surface area (Å²) in [7, 11) is 0. The van der Waals surface area contributed by atoms with Gasteiger partial charge in [-0.1, -0.05) is 42.5 Å². The van der Waals surface area contributed by atoms with Gasteiger partial charge in [-0.05, 0) is 11.6 Å². The van der Waals surface area contributed by atoms with Crippen LogP contribution in [-0.2, 0) is 17.8 Å². The zero-order valence-electron chi connectivity index (χ0n) is 13.3. The van der Waals surface area contributed by atoms with Crippen LogP contribution in [0.1, 0.15) is 21.5 Å². The number of hydrogen-bond donors (Lipinski definition) is 3. The minimum absolute atomic E-state index is 0.0223. The van der Waals surface area contributed by atoms with Gasteiger partial charge in [-0.2, -0.15) is 0 Å². The van der Waals surface area contributed by atoms with Gasteiger partial charge < -0.3 is 15.9 Å². The van der Waals surface area contributed by atoms with Crippen molar-refractivity contribution in [1.82, 2.24) is 4.98 Å². The lowest BCUT2D eigenvalue weighted by Crippen LogP contribution is -2.12. The lowest BCUT2D eigenvalue weighted by atomic mass is 9.94. The fourth-order valence-corrected chi connectivity index (χ4v) is 2.86. The summed E-state index contributed by atoms with van der Waals surface area (Å²) in [6, 6.07) is 14.0. The maximum atomic E-state index is 11.9. The summed E-state index contributed by atoms with van der Waals surface area (Å²) < 4.78 is 0. The highest BCUT2D eigenvalue weighted by Crippen LogP contribution is 2.31. The molecule has 0 bridgehead atoms. The minimum Gasteiger partial charge on any atom is -0.481 e. The third-order valence-corrected chi connectivity index (χ3v) is 4.00. The Morgan fingerprint density at radius 2 is 1.68 bits per heavy atom. The maximum absolute atomic E-state index is 11.9. The molecule has 0 saturated heterocycles. The van der Waals surface area contributed by atoms with Crippen LogP contribution in [0.4, 0.5) is 0 Å². The normalized spacial score (nSPS) is 10.8. The predicted octanol–water partition coefficient (Wildman–Crippen LogP) is 2.69. The van der Waals surface area contributed by atoms with Gasteiger partial charge in [-0.25, -0.2) is 9.78 Å². The lowest BCUT2D eigenvalue weighted by Gasteiger charge is -2.14. The molecule has 0 saturated carbocycles. The van der Waals surface area contributed by atoms with E-state index in [0.29, 0.717) is 28.7 Å². The van der Waals surface area contributed by atoms with Gasteiger partial charge in [-0.15, -0.1) is 0 Å². The number of carboxylic acid groups (broad SMARTS) is 2. The van der Waals surface area contributed by atoms with Gasteiger partial charge in [0.15, 0.2) is 0 Å². The standard InChI is InChI=1S/C19H16N2O4/c20-10-11-5-7-12(8-6-11)18-14(9-16(22)23)17(19(24)25)13-3-1-2-4-15(13)21-18/h1-8H,9-10,20H2,(H,22,23)(H,24,25). The number of carboxylic acids is 2. The van der Waals surface area contributed by atoms with E-state index in [0.717, 1.165) is 5.56 Å². The average Bonchev–Trinajstić information content (AvgIpc) is 2.60. The largest absolute Gasteiger partial charge is 0.481 e. The fourth-order valence-electron chi connectivity index (χ4n) is 2.86. The number of aromatic carboxylic acids is 1. The molecule has 126 valence electrons. The molecule has 2 aromatic carbocycles. The summed E-state index contributed by atoms with van der Waals surface area (Å²) in [4.78, 5) is 27.7. The average molecular weight is 336 g/mol. The van der Waals surface area contributed by atoms with Crippen LogP contribution in [0.2, 0.25) is 0 Å². The maximum Gasteiger partial charge on any atom is 0.336 e. The molecule has 0 aliphatic rings. The highest BCUT2D eigenvalue weighted by atomic mass is 16.4. The van der Waals surface area contributed by atoms with Gasteiger partial charge in [0, 0.05) is 23.1 Å². The van der Waals surface area contributed by atoms with E-state index in [9.17, 15) is 19.8 Å². The van der Waals surface area contributed by atoms with E-state index in [2.05, 4.69) is 4.98 Å². The first-order valence-electron chi connectivity index (χ1n) is 7.67. The number of aliphatic carboxylic acids is 1. The molecule has 0 unspecified atom stereocenters. The lowest BCUT2D eigenvalue weighted by molar-refractivity contribution is -0.136.